The number of aromatic nitrogens is 6. The smallest absolute Gasteiger partial charge is 0.160 e. The van der Waals surface area contributed by atoms with Crippen LogP contribution < -0.4 is 0 Å². The SMILES string of the molecule is CC1(C)c2ccccc2-c2ccc(-c3cc(-c4ccc(-c5c6c(cc7c(-c8ccc(-c9ccccc9)cc8)nc8ccccc8c57)oc5ccccc56)cc4)nc(-c4ccccc4)n3)cc21.c1ccc(-c2ccc(-c3cc(-c4ccc(-c5c6c(cc7c(-c8ccc(-c9ccccc9)cc8)nc8ccccc8c57)oc5ccccc56)cc4)nc(-c4ccccc4)n3)cc2)cc1. The van der Waals surface area contributed by atoms with E-state index >= 15 is 0 Å². The molecule has 129 heavy (non-hydrogen) atoms. The Morgan fingerprint density at radius 1 is 0.186 bits per heavy atom. The van der Waals surface area contributed by atoms with Crippen LogP contribution in [0, 0.1) is 0 Å². The molecule has 0 aliphatic heterocycles. The maximum atomic E-state index is 6.72. The van der Waals surface area contributed by atoms with Gasteiger partial charge in [0.1, 0.15) is 22.3 Å². The van der Waals surface area contributed by atoms with Crippen molar-refractivity contribution < 1.29 is 8.83 Å². The van der Waals surface area contributed by atoms with Gasteiger partial charge in [0.25, 0.3) is 0 Å². The maximum Gasteiger partial charge on any atom is 0.160 e. The van der Waals surface area contributed by atoms with Crippen LogP contribution in [0.4, 0.5) is 0 Å². The van der Waals surface area contributed by atoms with Crippen LogP contribution in [0.5, 0.6) is 0 Å². The predicted octanol–water partition coefficient (Wildman–Crippen LogP) is 32.1. The Labute approximate surface area is 745 Å². The summed E-state index contributed by atoms with van der Waals surface area (Å²) < 4.78 is 13.4. The molecule has 0 radical (unpaired) electrons. The summed E-state index contributed by atoms with van der Waals surface area (Å²) in [5, 5.41) is 10.9. The van der Waals surface area contributed by atoms with Crippen LogP contribution >= 0.6 is 0 Å². The van der Waals surface area contributed by atoms with E-state index < -0.39 is 0 Å². The normalized spacial score (nSPS) is 12.2. The van der Waals surface area contributed by atoms with Gasteiger partial charge in [-0.15, -0.1) is 0 Å². The first-order valence-electron chi connectivity index (χ1n) is 43.8. The van der Waals surface area contributed by atoms with Crippen molar-refractivity contribution in [3.05, 3.63) is 448 Å². The number of fused-ring (bicyclic) bond motifs is 15. The molecule has 18 aromatic carbocycles. The molecule has 8 nitrogen and oxygen atoms in total. The maximum absolute atomic E-state index is 6.72. The van der Waals surface area contributed by atoms with Crippen LogP contribution in [0.3, 0.4) is 0 Å². The van der Waals surface area contributed by atoms with Crippen LogP contribution in [-0.2, 0) is 5.41 Å². The van der Waals surface area contributed by atoms with Gasteiger partial charge in [-0.25, -0.2) is 29.9 Å². The Kier molecular flexibility index (Phi) is 18.4. The molecular weight excluding hydrogens is 1570 g/mol. The summed E-state index contributed by atoms with van der Waals surface area (Å²) in [6.07, 6.45) is 0. The highest BCUT2D eigenvalue weighted by Gasteiger charge is 2.36. The van der Waals surface area contributed by atoms with Gasteiger partial charge in [-0.1, -0.05) is 396 Å². The van der Waals surface area contributed by atoms with Crippen molar-refractivity contribution in [3.8, 4) is 157 Å². The van der Waals surface area contributed by atoms with Gasteiger partial charge < -0.3 is 8.83 Å². The third-order valence-electron chi connectivity index (χ3n) is 25.8. The van der Waals surface area contributed by atoms with E-state index in [0.717, 1.165) is 199 Å². The molecule has 0 atom stereocenters. The lowest BCUT2D eigenvalue weighted by Crippen LogP contribution is -2.14. The van der Waals surface area contributed by atoms with Gasteiger partial charge in [-0.05, 0) is 121 Å². The molecule has 0 saturated carbocycles. The number of furan rings is 2. The largest absolute Gasteiger partial charge is 0.456 e. The second-order valence-electron chi connectivity index (χ2n) is 33.8. The minimum absolute atomic E-state index is 0.127. The van der Waals surface area contributed by atoms with Gasteiger partial charge >= 0.3 is 0 Å². The molecule has 25 rings (SSSR count). The summed E-state index contributed by atoms with van der Waals surface area (Å²) in [6.45, 7) is 4.65. The van der Waals surface area contributed by atoms with Crippen molar-refractivity contribution in [1.29, 1.82) is 0 Å². The summed E-state index contributed by atoms with van der Waals surface area (Å²) in [5.41, 5.74) is 35.3. The number of rotatable bonds is 13. The van der Waals surface area contributed by atoms with Gasteiger partial charge in [0.2, 0.25) is 0 Å². The highest BCUT2D eigenvalue weighted by molar-refractivity contribution is 6.30. The fraction of sp³-hybridized carbons (Fsp3) is 0.0248. The van der Waals surface area contributed by atoms with E-state index in [4.69, 9.17) is 38.7 Å². The molecule has 24 aromatic rings. The van der Waals surface area contributed by atoms with Crippen LogP contribution in [0.2, 0.25) is 0 Å². The van der Waals surface area contributed by atoms with Crippen LogP contribution in [0.15, 0.2) is 446 Å². The first kappa shape index (κ1) is 75.8. The van der Waals surface area contributed by atoms with Crippen molar-refractivity contribution in [2.45, 2.75) is 19.3 Å². The lowest BCUT2D eigenvalue weighted by Gasteiger charge is -2.22. The molecule has 0 fully saturated rings. The number of para-hydroxylation sites is 4. The second-order valence-corrected chi connectivity index (χ2v) is 33.8. The van der Waals surface area contributed by atoms with Crippen molar-refractivity contribution in [3.63, 3.8) is 0 Å². The first-order valence-corrected chi connectivity index (χ1v) is 43.8. The standard InChI is InChI=1S/C62H41N3O.C59H37N3O/c1-62(2)50-22-12-9-19-45(50)46-34-33-44(35-51(46)62)54-37-53(64-61(65-54)43-17-7-4-8-18-43)40-27-29-41(30-28-40)57-58-47-20-10-13-23-52(47)63-60(42-31-25-39(26-32-42)38-15-5-3-6-16-38)49(58)36-56-59(57)48-21-11-14-24-55(48)66-56;1-4-14-38(15-5-1)40-24-28-42(29-25-40)51-37-52(62-59(61-51)46-18-8-3-9-19-46)43-30-32-44(33-31-43)55-56-47-20-10-12-22-50(47)60-58(45-34-26-41(27-35-45)39-16-6-2-7-17-39)49(56)36-54-57(55)48-21-11-13-23-53(48)63-54/h3-37H,1-2H3;1-37H. The molecule has 604 valence electrons. The van der Waals surface area contributed by atoms with Crippen LogP contribution in [0.25, 0.3) is 244 Å². The molecule has 8 heteroatoms. The van der Waals surface area contributed by atoms with Gasteiger partial charge in [0.15, 0.2) is 11.6 Å². The Hall–Kier alpha value is -16.9. The molecule has 0 spiro atoms. The van der Waals surface area contributed by atoms with E-state index in [0.29, 0.717) is 11.6 Å². The average molecular weight is 1650 g/mol. The van der Waals surface area contributed by atoms with Crippen molar-refractivity contribution >= 4 is 87.2 Å². The zero-order valence-electron chi connectivity index (χ0n) is 70.6. The zero-order valence-corrected chi connectivity index (χ0v) is 70.6. The minimum Gasteiger partial charge on any atom is -0.456 e. The fourth-order valence-corrected chi connectivity index (χ4v) is 19.4. The molecule has 6 heterocycles. The fourth-order valence-electron chi connectivity index (χ4n) is 19.4. The highest BCUT2D eigenvalue weighted by atomic mass is 16.3. The van der Waals surface area contributed by atoms with Crippen molar-refractivity contribution in [2.75, 3.05) is 0 Å². The van der Waals surface area contributed by atoms with Gasteiger partial charge in [0, 0.05) is 115 Å². The molecule has 0 bridgehead atoms. The molecule has 1 aliphatic carbocycles. The zero-order chi connectivity index (χ0) is 85.6. The van der Waals surface area contributed by atoms with E-state index in [1.165, 1.54) is 44.5 Å². The Bertz CT molecular complexity index is 8490. The number of nitrogens with zero attached hydrogens (tertiary/aromatic N) is 6. The van der Waals surface area contributed by atoms with Gasteiger partial charge in [-0.3, -0.25) is 0 Å². The average Bonchev–Trinajstić information content (AvgIpc) is 1.67. The molecule has 0 unspecified atom stereocenters. The van der Waals surface area contributed by atoms with E-state index in [2.05, 4.69) is 390 Å². The monoisotopic (exact) mass is 1650 g/mol. The summed E-state index contributed by atoms with van der Waals surface area (Å²) >= 11 is 0. The number of pyridine rings is 2. The Morgan fingerprint density at radius 2 is 0.481 bits per heavy atom. The quantitative estimate of drug-likeness (QED) is 0.105. The van der Waals surface area contributed by atoms with Crippen LogP contribution in [-0.4, -0.2) is 29.9 Å². The van der Waals surface area contributed by atoms with Gasteiger partial charge in [0.05, 0.1) is 45.2 Å². The third-order valence-corrected chi connectivity index (χ3v) is 25.8. The van der Waals surface area contributed by atoms with Crippen LogP contribution in [0.1, 0.15) is 25.0 Å². The molecule has 1 aliphatic rings. The third kappa shape index (κ3) is 13.5. The lowest BCUT2D eigenvalue weighted by atomic mass is 9.82. The van der Waals surface area contributed by atoms with Crippen molar-refractivity contribution in [2.24, 2.45) is 0 Å². The van der Waals surface area contributed by atoms with E-state index in [9.17, 15) is 0 Å². The van der Waals surface area contributed by atoms with E-state index in [-0.39, 0.29) is 5.41 Å². The number of hydrogen-bond acceptors (Lipinski definition) is 8. The predicted molar refractivity (Wildman–Crippen MR) is 532 cm³/mol. The number of hydrogen-bond donors (Lipinski definition) is 0. The van der Waals surface area contributed by atoms with Gasteiger partial charge in [-0.2, -0.15) is 0 Å². The molecular formula is C121H78N6O2. The van der Waals surface area contributed by atoms with E-state index in [1.54, 1.807) is 0 Å². The summed E-state index contributed by atoms with van der Waals surface area (Å²) in [4.78, 5) is 31.5. The molecule has 6 aromatic heterocycles. The minimum atomic E-state index is -0.127. The summed E-state index contributed by atoms with van der Waals surface area (Å²) in [6, 6.07) is 154. The molecule has 0 saturated heterocycles. The molecule has 0 amide bonds. The summed E-state index contributed by atoms with van der Waals surface area (Å²) in [7, 11) is 0. The second kappa shape index (κ2) is 31.4. The van der Waals surface area contributed by atoms with E-state index in [1.807, 2.05) is 60.7 Å². The topological polar surface area (TPSA) is 104 Å². The molecule has 0 N–H and O–H groups in total. The first-order chi connectivity index (χ1) is 63.7. The Morgan fingerprint density at radius 3 is 0.884 bits per heavy atom. The number of benzene rings is 18. The summed E-state index contributed by atoms with van der Waals surface area (Å²) in [5.74, 6) is 1.38. The Balaban J connectivity index is 0.000000143. The van der Waals surface area contributed by atoms with Crippen molar-refractivity contribution in [1.82, 2.24) is 29.9 Å². The highest BCUT2D eigenvalue weighted by Crippen LogP contribution is 2.53. The lowest BCUT2D eigenvalue weighted by molar-refractivity contribution is 0.660.